The van der Waals surface area contributed by atoms with Crippen LogP contribution in [-0.4, -0.2) is 9.78 Å². The van der Waals surface area contributed by atoms with Gasteiger partial charge in [-0.1, -0.05) is 0 Å². The lowest BCUT2D eigenvalue weighted by Crippen LogP contribution is -2.02. The quantitative estimate of drug-likeness (QED) is 0.855. The first-order valence-electron chi connectivity index (χ1n) is 5.89. The molecule has 0 unspecified atom stereocenters. The summed E-state index contributed by atoms with van der Waals surface area (Å²) in [4.78, 5) is 0. The van der Waals surface area contributed by atoms with Crippen molar-refractivity contribution >= 4 is 21.6 Å². The lowest BCUT2D eigenvalue weighted by molar-refractivity contribution is 0.532. The zero-order valence-electron chi connectivity index (χ0n) is 10.6. The molecule has 1 heterocycles. The van der Waals surface area contributed by atoms with Crippen LogP contribution in [-0.2, 0) is 6.54 Å². The van der Waals surface area contributed by atoms with E-state index in [1.54, 1.807) is 6.20 Å². The molecule has 0 aliphatic carbocycles. The zero-order valence-corrected chi connectivity index (χ0v) is 12.2. The summed E-state index contributed by atoms with van der Waals surface area (Å²) in [6.07, 6.45) is 3.62. The minimum absolute atomic E-state index is 0.231. The Morgan fingerprint density at radius 3 is 2.68 bits per heavy atom. The highest BCUT2D eigenvalue weighted by molar-refractivity contribution is 9.10. The maximum absolute atomic E-state index is 13.5. The average Bonchev–Trinajstić information content (AvgIpc) is 2.81. The van der Waals surface area contributed by atoms with E-state index < -0.39 is 11.6 Å². The van der Waals surface area contributed by atoms with Crippen LogP contribution in [0.15, 0.2) is 29.0 Å². The first-order valence-corrected chi connectivity index (χ1v) is 6.68. The Kier molecular flexibility index (Phi) is 4.19. The minimum Gasteiger partial charge on any atom is -0.378 e. The van der Waals surface area contributed by atoms with Gasteiger partial charge >= 0.3 is 0 Å². The summed E-state index contributed by atoms with van der Waals surface area (Å²) >= 11 is 3.03. The Morgan fingerprint density at radius 2 is 2.05 bits per heavy atom. The second-order valence-corrected chi connectivity index (χ2v) is 5.38. The first-order chi connectivity index (χ1) is 8.97. The van der Waals surface area contributed by atoms with Crippen molar-refractivity contribution in [3.63, 3.8) is 0 Å². The van der Waals surface area contributed by atoms with Gasteiger partial charge in [-0.3, -0.25) is 4.68 Å². The molecular formula is C13H14BrF2N3. The molecule has 0 fully saturated rings. The molecule has 0 atom stereocenters. The van der Waals surface area contributed by atoms with Crippen LogP contribution in [0.3, 0.4) is 0 Å². The maximum atomic E-state index is 13.5. The Labute approximate surface area is 118 Å². The molecule has 1 aromatic carbocycles. The van der Waals surface area contributed by atoms with Gasteiger partial charge in [0.1, 0.15) is 11.6 Å². The van der Waals surface area contributed by atoms with Crippen LogP contribution in [0.5, 0.6) is 0 Å². The van der Waals surface area contributed by atoms with Gasteiger partial charge in [0.05, 0.1) is 16.4 Å². The van der Waals surface area contributed by atoms with Gasteiger partial charge in [-0.15, -0.1) is 0 Å². The summed E-state index contributed by atoms with van der Waals surface area (Å²) in [5.74, 6) is -1.23. The third kappa shape index (κ3) is 3.32. The summed E-state index contributed by atoms with van der Waals surface area (Å²) in [5.41, 5.74) is 1.19. The molecule has 6 heteroatoms. The van der Waals surface area contributed by atoms with Crippen LogP contribution in [0.1, 0.15) is 25.5 Å². The largest absolute Gasteiger partial charge is 0.378 e. The third-order valence-electron chi connectivity index (χ3n) is 2.68. The van der Waals surface area contributed by atoms with Crippen molar-refractivity contribution in [2.45, 2.75) is 26.4 Å². The molecule has 0 radical (unpaired) electrons. The van der Waals surface area contributed by atoms with Crippen LogP contribution in [0, 0.1) is 11.6 Å². The molecule has 1 aromatic heterocycles. The van der Waals surface area contributed by atoms with Crippen molar-refractivity contribution in [1.29, 1.82) is 0 Å². The Balaban J connectivity index is 2.07. The van der Waals surface area contributed by atoms with Crippen LogP contribution in [0.4, 0.5) is 14.5 Å². The van der Waals surface area contributed by atoms with Gasteiger partial charge in [-0.25, -0.2) is 8.78 Å². The molecule has 1 N–H and O–H groups in total. The second kappa shape index (κ2) is 5.69. The molecule has 0 spiro atoms. The SMILES string of the molecule is CC(C)n1cc(CNc2cc(Br)c(F)cc2F)cn1. The molecule has 102 valence electrons. The van der Waals surface area contributed by atoms with E-state index in [0.717, 1.165) is 11.6 Å². The Morgan fingerprint density at radius 1 is 1.32 bits per heavy atom. The summed E-state index contributed by atoms with van der Waals surface area (Å²) in [7, 11) is 0. The maximum Gasteiger partial charge on any atom is 0.149 e. The van der Waals surface area contributed by atoms with E-state index >= 15 is 0 Å². The predicted octanol–water partition coefficient (Wildman–Crippen LogP) is 4.12. The number of rotatable bonds is 4. The summed E-state index contributed by atoms with van der Waals surface area (Å²) in [5, 5.41) is 7.12. The number of aromatic nitrogens is 2. The molecule has 19 heavy (non-hydrogen) atoms. The van der Waals surface area contributed by atoms with Gasteiger partial charge in [0.2, 0.25) is 0 Å². The molecule has 2 rings (SSSR count). The number of hydrogen-bond acceptors (Lipinski definition) is 2. The monoisotopic (exact) mass is 329 g/mol. The Hall–Kier alpha value is -1.43. The van der Waals surface area contributed by atoms with Gasteiger partial charge < -0.3 is 5.32 Å². The highest BCUT2D eigenvalue weighted by atomic mass is 79.9. The van der Waals surface area contributed by atoms with Crippen LogP contribution in [0.2, 0.25) is 0 Å². The number of nitrogens with zero attached hydrogens (tertiary/aromatic N) is 2. The lowest BCUT2D eigenvalue weighted by atomic mass is 10.2. The average molecular weight is 330 g/mol. The van der Waals surface area contributed by atoms with E-state index in [1.165, 1.54) is 6.07 Å². The standard InChI is InChI=1S/C13H14BrF2N3/c1-8(2)19-7-9(6-18-19)5-17-13-3-10(14)11(15)4-12(13)16/h3-4,6-8,17H,5H2,1-2H3. The van der Waals surface area contributed by atoms with E-state index in [4.69, 9.17) is 0 Å². The molecule has 0 aliphatic heterocycles. The van der Waals surface area contributed by atoms with Gasteiger partial charge in [0, 0.05) is 30.4 Å². The predicted molar refractivity (Wildman–Crippen MR) is 74.0 cm³/mol. The molecular weight excluding hydrogens is 316 g/mol. The fourth-order valence-corrected chi connectivity index (χ4v) is 1.95. The Bertz CT molecular complexity index is 581. The number of halogens is 3. The molecule has 0 saturated carbocycles. The summed E-state index contributed by atoms with van der Waals surface area (Å²) in [6.45, 7) is 4.49. The van der Waals surface area contributed by atoms with Crippen molar-refractivity contribution in [3.8, 4) is 0 Å². The van der Waals surface area contributed by atoms with E-state index in [9.17, 15) is 8.78 Å². The van der Waals surface area contributed by atoms with Gasteiger partial charge in [0.25, 0.3) is 0 Å². The fraction of sp³-hybridized carbons (Fsp3) is 0.308. The number of benzene rings is 1. The van der Waals surface area contributed by atoms with Crippen molar-refractivity contribution in [2.24, 2.45) is 0 Å². The van der Waals surface area contributed by atoms with Crippen LogP contribution < -0.4 is 5.32 Å². The van der Waals surface area contributed by atoms with E-state index in [-0.39, 0.29) is 16.2 Å². The smallest absolute Gasteiger partial charge is 0.149 e. The van der Waals surface area contributed by atoms with Gasteiger partial charge in [0.15, 0.2) is 0 Å². The van der Waals surface area contributed by atoms with Crippen molar-refractivity contribution < 1.29 is 8.78 Å². The van der Waals surface area contributed by atoms with Crippen molar-refractivity contribution in [2.75, 3.05) is 5.32 Å². The van der Waals surface area contributed by atoms with E-state index in [1.807, 2.05) is 24.7 Å². The van der Waals surface area contributed by atoms with E-state index in [0.29, 0.717) is 6.54 Å². The normalized spacial score (nSPS) is 11.1. The minimum atomic E-state index is -0.615. The third-order valence-corrected chi connectivity index (χ3v) is 3.28. The second-order valence-electron chi connectivity index (χ2n) is 4.52. The zero-order chi connectivity index (χ0) is 14.0. The molecule has 2 aromatic rings. The highest BCUT2D eigenvalue weighted by Crippen LogP contribution is 2.24. The molecule has 0 aliphatic rings. The highest BCUT2D eigenvalue weighted by Gasteiger charge is 2.08. The topological polar surface area (TPSA) is 29.9 Å². The summed E-state index contributed by atoms with van der Waals surface area (Å²) in [6, 6.07) is 2.52. The molecule has 0 bridgehead atoms. The number of nitrogens with one attached hydrogen (secondary N) is 1. The van der Waals surface area contributed by atoms with Gasteiger partial charge in [-0.2, -0.15) is 5.10 Å². The molecule has 0 saturated heterocycles. The fourth-order valence-electron chi connectivity index (χ4n) is 1.61. The van der Waals surface area contributed by atoms with Gasteiger partial charge in [-0.05, 0) is 35.8 Å². The van der Waals surface area contributed by atoms with E-state index in [2.05, 4.69) is 26.3 Å². The lowest BCUT2D eigenvalue weighted by Gasteiger charge is -2.07. The molecule has 3 nitrogen and oxygen atoms in total. The van der Waals surface area contributed by atoms with Crippen LogP contribution in [0.25, 0.3) is 0 Å². The molecule has 0 amide bonds. The van der Waals surface area contributed by atoms with Crippen molar-refractivity contribution in [1.82, 2.24) is 9.78 Å². The van der Waals surface area contributed by atoms with Crippen LogP contribution >= 0.6 is 15.9 Å². The number of anilines is 1. The van der Waals surface area contributed by atoms with Crippen molar-refractivity contribution in [3.05, 3.63) is 46.2 Å². The number of hydrogen-bond donors (Lipinski definition) is 1. The first kappa shape index (κ1) is 14.0. The summed E-state index contributed by atoms with van der Waals surface area (Å²) < 4.78 is 28.7.